The van der Waals surface area contributed by atoms with Gasteiger partial charge in [-0.15, -0.1) is 0 Å². The Labute approximate surface area is 180 Å². The van der Waals surface area contributed by atoms with Gasteiger partial charge in [0.2, 0.25) is 0 Å². The van der Waals surface area contributed by atoms with Crippen LogP contribution in [0.15, 0.2) is 51.9 Å². The summed E-state index contributed by atoms with van der Waals surface area (Å²) in [5.41, 5.74) is 3.75. The van der Waals surface area contributed by atoms with Crippen LogP contribution in [0.1, 0.15) is 36.6 Å². The van der Waals surface area contributed by atoms with E-state index in [2.05, 4.69) is 48.9 Å². The second-order valence-electron chi connectivity index (χ2n) is 6.32. The van der Waals surface area contributed by atoms with E-state index in [9.17, 15) is 9.41 Å². The molecule has 1 aromatic carbocycles. The lowest BCUT2D eigenvalue weighted by Gasteiger charge is -2.03. The first-order chi connectivity index (χ1) is 13.4. The minimum Gasteiger partial charge on any atom is -0.423 e. The van der Waals surface area contributed by atoms with Gasteiger partial charge in [0, 0.05) is 35.4 Å². The highest BCUT2D eigenvalue weighted by molar-refractivity contribution is 9.10. The molecule has 0 spiro atoms. The van der Waals surface area contributed by atoms with Gasteiger partial charge in [-0.2, -0.15) is 5.10 Å². The SMILES string of the molecule is CC1OB(O)c2ccc(F)cc21.CCn1ncc(Cc2cnccc2Br)c1Br. The van der Waals surface area contributed by atoms with Crippen LogP contribution in [-0.2, 0) is 17.6 Å². The first kappa shape index (κ1) is 21.2. The molecule has 1 aliphatic rings. The summed E-state index contributed by atoms with van der Waals surface area (Å²) >= 11 is 7.08. The molecular formula is C19H19BBr2FN3O2. The molecule has 0 saturated carbocycles. The number of hydrogen-bond donors (Lipinski definition) is 1. The third-order valence-electron chi connectivity index (χ3n) is 4.45. The Kier molecular flexibility index (Phi) is 7.03. The maximum atomic E-state index is 12.7. The first-order valence-corrected chi connectivity index (χ1v) is 10.4. The van der Waals surface area contributed by atoms with Crippen LogP contribution in [0.25, 0.3) is 0 Å². The third kappa shape index (κ3) is 4.71. The topological polar surface area (TPSA) is 60.2 Å². The van der Waals surface area contributed by atoms with Crippen molar-refractivity contribution in [2.45, 2.75) is 32.9 Å². The quantitative estimate of drug-likeness (QED) is 0.541. The van der Waals surface area contributed by atoms with E-state index in [0.29, 0.717) is 5.46 Å². The molecule has 0 bridgehead atoms. The Bertz CT molecular complexity index is 970. The fourth-order valence-corrected chi connectivity index (χ4v) is 3.90. The van der Waals surface area contributed by atoms with E-state index in [1.807, 2.05) is 23.1 Å². The Hall–Kier alpha value is -1.55. The molecule has 0 fully saturated rings. The lowest BCUT2D eigenvalue weighted by molar-refractivity contribution is 0.208. The van der Waals surface area contributed by atoms with Crippen LogP contribution < -0.4 is 5.46 Å². The van der Waals surface area contributed by atoms with Crippen LogP contribution in [0.4, 0.5) is 4.39 Å². The van der Waals surface area contributed by atoms with Gasteiger partial charge in [-0.3, -0.25) is 9.67 Å². The molecule has 1 N–H and O–H groups in total. The number of aryl methyl sites for hydroxylation is 1. The smallest absolute Gasteiger partial charge is 0.423 e. The van der Waals surface area contributed by atoms with E-state index in [0.717, 1.165) is 27.6 Å². The zero-order chi connectivity index (χ0) is 20.3. The molecule has 3 heterocycles. The molecule has 4 rings (SSSR count). The first-order valence-electron chi connectivity index (χ1n) is 8.82. The van der Waals surface area contributed by atoms with E-state index in [-0.39, 0.29) is 11.9 Å². The largest absolute Gasteiger partial charge is 0.491 e. The average Bonchev–Trinajstić information content (AvgIpc) is 3.16. The van der Waals surface area contributed by atoms with Crippen molar-refractivity contribution in [3.05, 3.63) is 74.4 Å². The third-order valence-corrected chi connectivity index (χ3v) is 6.15. The predicted octanol–water partition coefficient (Wildman–Crippen LogP) is 4.02. The maximum absolute atomic E-state index is 12.7. The molecule has 0 saturated heterocycles. The van der Waals surface area contributed by atoms with E-state index < -0.39 is 7.12 Å². The summed E-state index contributed by atoms with van der Waals surface area (Å²) < 4.78 is 21.9. The Balaban J connectivity index is 0.000000167. The monoisotopic (exact) mass is 509 g/mol. The zero-order valence-corrected chi connectivity index (χ0v) is 18.6. The van der Waals surface area contributed by atoms with E-state index in [4.69, 9.17) is 4.65 Å². The van der Waals surface area contributed by atoms with Gasteiger partial charge in [0.25, 0.3) is 0 Å². The van der Waals surface area contributed by atoms with Gasteiger partial charge in [0.1, 0.15) is 10.4 Å². The number of pyridine rings is 1. The molecular weight excluding hydrogens is 492 g/mol. The highest BCUT2D eigenvalue weighted by Crippen LogP contribution is 2.24. The number of aromatic nitrogens is 3. The predicted molar refractivity (Wildman–Crippen MR) is 114 cm³/mol. The molecule has 146 valence electrons. The number of fused-ring (bicyclic) bond motifs is 1. The van der Waals surface area contributed by atoms with Crippen LogP contribution in [0.5, 0.6) is 0 Å². The molecule has 0 aliphatic carbocycles. The van der Waals surface area contributed by atoms with Gasteiger partial charge < -0.3 is 9.68 Å². The second-order valence-corrected chi connectivity index (χ2v) is 7.93. The molecule has 2 aromatic heterocycles. The van der Waals surface area contributed by atoms with Gasteiger partial charge in [-0.05, 0) is 64.6 Å². The van der Waals surface area contributed by atoms with Crippen LogP contribution in [0.3, 0.4) is 0 Å². The fraction of sp³-hybridized carbons (Fsp3) is 0.263. The molecule has 0 amide bonds. The minimum atomic E-state index is -0.893. The van der Waals surface area contributed by atoms with Gasteiger partial charge in [-0.25, -0.2) is 4.39 Å². The summed E-state index contributed by atoms with van der Waals surface area (Å²) in [6.45, 7) is 4.73. The average molecular weight is 511 g/mol. The zero-order valence-electron chi connectivity index (χ0n) is 15.4. The van der Waals surface area contributed by atoms with Crippen molar-refractivity contribution < 1.29 is 14.1 Å². The minimum absolute atomic E-state index is 0.217. The van der Waals surface area contributed by atoms with E-state index in [1.165, 1.54) is 23.3 Å². The standard InChI is InChI=1S/C11H11Br2N3.C8H8BFO2/c1-2-16-11(13)9(7-15-16)5-8-6-14-4-3-10(8)12;1-5-7-4-6(10)2-3-8(7)9(11)12-5/h3-4,6-7H,2,5H2,1H3;2-5,11H,1H3. The van der Waals surface area contributed by atoms with Crippen LogP contribution in [-0.4, -0.2) is 26.9 Å². The molecule has 1 aliphatic heterocycles. The second kappa shape index (κ2) is 9.30. The number of benzene rings is 1. The lowest BCUT2D eigenvalue weighted by Crippen LogP contribution is -2.27. The fourth-order valence-electron chi connectivity index (χ4n) is 2.96. The number of nitrogens with zero attached hydrogens (tertiary/aromatic N) is 3. The number of hydrogen-bond acceptors (Lipinski definition) is 4. The summed E-state index contributed by atoms with van der Waals surface area (Å²) in [6, 6.07) is 6.23. The molecule has 1 unspecified atom stereocenters. The Morgan fingerprint density at radius 2 is 2.04 bits per heavy atom. The highest BCUT2D eigenvalue weighted by atomic mass is 79.9. The van der Waals surface area contributed by atoms with E-state index >= 15 is 0 Å². The van der Waals surface area contributed by atoms with Crippen molar-refractivity contribution in [1.29, 1.82) is 0 Å². The molecule has 5 nitrogen and oxygen atoms in total. The van der Waals surface area contributed by atoms with Crippen molar-refractivity contribution >= 4 is 44.4 Å². The molecule has 3 aromatic rings. The summed E-state index contributed by atoms with van der Waals surface area (Å²) in [7, 11) is -0.893. The molecule has 9 heteroatoms. The van der Waals surface area contributed by atoms with Crippen molar-refractivity contribution in [1.82, 2.24) is 14.8 Å². The van der Waals surface area contributed by atoms with Gasteiger partial charge in [0.15, 0.2) is 0 Å². The summed E-state index contributed by atoms with van der Waals surface area (Å²) in [4.78, 5) is 4.13. The Morgan fingerprint density at radius 1 is 1.25 bits per heavy atom. The normalized spacial score (nSPS) is 15.2. The number of halogens is 3. The van der Waals surface area contributed by atoms with Crippen molar-refractivity contribution in [2.24, 2.45) is 0 Å². The van der Waals surface area contributed by atoms with E-state index in [1.54, 1.807) is 19.2 Å². The number of rotatable bonds is 3. The van der Waals surface area contributed by atoms with Gasteiger partial charge >= 0.3 is 7.12 Å². The molecule has 28 heavy (non-hydrogen) atoms. The van der Waals surface area contributed by atoms with Crippen molar-refractivity contribution in [2.75, 3.05) is 0 Å². The maximum Gasteiger partial charge on any atom is 0.491 e. The summed E-state index contributed by atoms with van der Waals surface area (Å²) in [6.07, 6.45) is 6.16. The molecule has 1 atom stereocenters. The molecule has 0 radical (unpaired) electrons. The summed E-state index contributed by atoms with van der Waals surface area (Å²) in [5, 5.41) is 13.6. The van der Waals surface area contributed by atoms with Gasteiger partial charge in [-0.1, -0.05) is 22.0 Å². The lowest BCUT2D eigenvalue weighted by atomic mass is 9.79. The van der Waals surface area contributed by atoms with Crippen molar-refractivity contribution in [3.63, 3.8) is 0 Å². The van der Waals surface area contributed by atoms with Gasteiger partial charge in [0.05, 0.1) is 12.3 Å². The highest BCUT2D eigenvalue weighted by Gasteiger charge is 2.32. The van der Waals surface area contributed by atoms with Crippen LogP contribution in [0.2, 0.25) is 0 Å². The Morgan fingerprint density at radius 3 is 2.71 bits per heavy atom. The van der Waals surface area contributed by atoms with Crippen LogP contribution >= 0.6 is 31.9 Å². The van der Waals surface area contributed by atoms with Crippen LogP contribution in [0, 0.1) is 5.82 Å². The van der Waals surface area contributed by atoms with Crippen molar-refractivity contribution in [3.8, 4) is 0 Å². The summed E-state index contributed by atoms with van der Waals surface area (Å²) in [5.74, 6) is -0.293.